The van der Waals surface area contributed by atoms with Crippen LogP contribution < -0.4 is 0 Å². The zero-order valence-electron chi connectivity index (χ0n) is 13.3. The van der Waals surface area contributed by atoms with Crippen molar-refractivity contribution in [1.82, 2.24) is 9.55 Å². The molecule has 0 amide bonds. The molecule has 1 aromatic heterocycles. The Balaban J connectivity index is 2.25. The summed E-state index contributed by atoms with van der Waals surface area (Å²) < 4.78 is 2.38. The Labute approximate surface area is 126 Å². The van der Waals surface area contributed by atoms with Gasteiger partial charge < -0.3 is 4.57 Å². The fourth-order valence-electron chi connectivity index (χ4n) is 3.65. The molecule has 0 spiro atoms. The summed E-state index contributed by atoms with van der Waals surface area (Å²) in [5.41, 5.74) is 2.79. The molecule has 3 heteroatoms. The monoisotopic (exact) mass is 281 g/mol. The highest BCUT2D eigenvalue weighted by Crippen LogP contribution is 2.41. The van der Waals surface area contributed by atoms with Gasteiger partial charge >= 0.3 is 0 Å². The molecule has 1 heterocycles. The van der Waals surface area contributed by atoms with E-state index in [2.05, 4.69) is 44.4 Å². The maximum atomic E-state index is 9.10. The van der Waals surface area contributed by atoms with Crippen LogP contribution in [0.5, 0.6) is 0 Å². The fourth-order valence-corrected chi connectivity index (χ4v) is 3.65. The molecule has 1 fully saturated rings. The summed E-state index contributed by atoms with van der Waals surface area (Å²) in [6.07, 6.45) is 3.82. The third-order valence-electron chi connectivity index (χ3n) is 4.67. The smallest absolute Gasteiger partial charge is 0.113 e. The summed E-state index contributed by atoms with van der Waals surface area (Å²) in [5.74, 6) is 2.44. The number of hydrogen-bond acceptors (Lipinski definition) is 2. The van der Waals surface area contributed by atoms with Crippen molar-refractivity contribution >= 4 is 11.0 Å². The molecule has 0 radical (unpaired) electrons. The summed E-state index contributed by atoms with van der Waals surface area (Å²) in [7, 11) is 0. The first-order chi connectivity index (χ1) is 9.91. The highest BCUT2D eigenvalue weighted by atomic mass is 15.1. The molecule has 0 N–H and O–H groups in total. The minimum absolute atomic E-state index is 0.000549. The maximum Gasteiger partial charge on any atom is 0.113 e. The molecule has 0 aliphatic heterocycles. The highest BCUT2D eigenvalue weighted by Gasteiger charge is 2.32. The van der Waals surface area contributed by atoms with E-state index in [1.54, 1.807) is 0 Å². The van der Waals surface area contributed by atoms with E-state index in [4.69, 9.17) is 10.2 Å². The number of imidazole rings is 1. The van der Waals surface area contributed by atoms with Crippen molar-refractivity contribution in [2.45, 2.75) is 58.4 Å². The van der Waals surface area contributed by atoms with Crippen molar-refractivity contribution in [3.05, 3.63) is 29.6 Å². The Kier molecular flexibility index (Phi) is 3.28. The van der Waals surface area contributed by atoms with Gasteiger partial charge in [0.15, 0.2) is 0 Å². The molecular weight excluding hydrogens is 258 g/mol. The summed E-state index contributed by atoms with van der Waals surface area (Å²) in [6.45, 7) is 9.03. The van der Waals surface area contributed by atoms with Gasteiger partial charge in [-0.05, 0) is 57.7 Å². The molecule has 1 saturated carbocycles. The molecule has 3 rings (SSSR count). The molecular formula is C18H23N3. The lowest BCUT2D eigenvalue weighted by atomic mass is 9.96. The van der Waals surface area contributed by atoms with Crippen LogP contribution in [0.4, 0.5) is 0 Å². The minimum Gasteiger partial charge on any atom is -0.322 e. The van der Waals surface area contributed by atoms with E-state index < -0.39 is 0 Å². The highest BCUT2D eigenvalue weighted by molar-refractivity contribution is 5.78. The van der Waals surface area contributed by atoms with Crippen LogP contribution in [-0.2, 0) is 5.54 Å². The Bertz CT molecular complexity index is 712. The van der Waals surface area contributed by atoms with Crippen LogP contribution >= 0.6 is 0 Å². The summed E-state index contributed by atoms with van der Waals surface area (Å²) in [6, 6.07) is 8.08. The number of nitriles is 1. The summed E-state index contributed by atoms with van der Waals surface area (Å²) in [4.78, 5) is 4.93. The lowest BCUT2D eigenvalue weighted by Gasteiger charge is -2.28. The first-order valence-electron chi connectivity index (χ1n) is 7.85. The number of aromatic nitrogens is 2. The van der Waals surface area contributed by atoms with Gasteiger partial charge in [-0.3, -0.25) is 0 Å². The number of nitrogens with zero attached hydrogens (tertiary/aromatic N) is 3. The molecule has 2 unspecified atom stereocenters. The van der Waals surface area contributed by atoms with E-state index in [0.29, 0.717) is 17.4 Å². The molecule has 1 aliphatic carbocycles. The van der Waals surface area contributed by atoms with E-state index in [0.717, 1.165) is 11.0 Å². The number of hydrogen-bond donors (Lipinski definition) is 0. The van der Waals surface area contributed by atoms with Gasteiger partial charge in [0.1, 0.15) is 5.82 Å². The lowest BCUT2D eigenvalue weighted by molar-refractivity contribution is 0.369. The van der Waals surface area contributed by atoms with Gasteiger partial charge in [-0.1, -0.05) is 13.3 Å². The zero-order valence-corrected chi connectivity index (χ0v) is 13.3. The molecule has 3 nitrogen and oxygen atoms in total. The average molecular weight is 281 g/mol. The number of benzene rings is 1. The number of fused-ring (bicyclic) bond motifs is 1. The van der Waals surface area contributed by atoms with Crippen LogP contribution in [-0.4, -0.2) is 9.55 Å². The zero-order chi connectivity index (χ0) is 15.2. The van der Waals surface area contributed by atoms with Crippen LogP contribution in [0.2, 0.25) is 0 Å². The first-order valence-corrected chi connectivity index (χ1v) is 7.85. The second kappa shape index (κ2) is 4.87. The van der Waals surface area contributed by atoms with E-state index in [1.165, 1.54) is 25.1 Å². The van der Waals surface area contributed by atoms with Gasteiger partial charge in [-0.2, -0.15) is 5.26 Å². The van der Waals surface area contributed by atoms with Crippen LogP contribution in [0.3, 0.4) is 0 Å². The van der Waals surface area contributed by atoms with Crippen molar-refractivity contribution in [3.63, 3.8) is 0 Å². The Morgan fingerprint density at radius 1 is 1.29 bits per heavy atom. The molecule has 21 heavy (non-hydrogen) atoms. The quantitative estimate of drug-likeness (QED) is 0.768. The molecule has 1 aliphatic rings. The van der Waals surface area contributed by atoms with Gasteiger partial charge in [-0.15, -0.1) is 0 Å². The minimum atomic E-state index is 0.000549. The molecule has 2 aromatic rings. The van der Waals surface area contributed by atoms with Crippen molar-refractivity contribution in [1.29, 1.82) is 5.26 Å². The van der Waals surface area contributed by atoms with E-state index in [1.807, 2.05) is 12.1 Å². The predicted octanol–water partition coefficient (Wildman–Crippen LogP) is 4.57. The van der Waals surface area contributed by atoms with E-state index in [-0.39, 0.29) is 5.54 Å². The van der Waals surface area contributed by atoms with Crippen LogP contribution in [0, 0.1) is 17.2 Å². The van der Waals surface area contributed by atoms with Crippen LogP contribution in [0.25, 0.3) is 11.0 Å². The fraction of sp³-hybridized carbons (Fsp3) is 0.556. The van der Waals surface area contributed by atoms with Gasteiger partial charge in [0.25, 0.3) is 0 Å². The maximum absolute atomic E-state index is 9.10. The predicted molar refractivity (Wildman–Crippen MR) is 85.2 cm³/mol. The third-order valence-corrected chi connectivity index (χ3v) is 4.67. The van der Waals surface area contributed by atoms with Crippen LogP contribution in [0.1, 0.15) is 64.3 Å². The van der Waals surface area contributed by atoms with Gasteiger partial charge in [0.2, 0.25) is 0 Å². The molecule has 0 saturated heterocycles. The third kappa shape index (κ3) is 2.33. The molecule has 1 aromatic carbocycles. The van der Waals surface area contributed by atoms with Gasteiger partial charge in [-0.25, -0.2) is 4.98 Å². The van der Waals surface area contributed by atoms with Crippen molar-refractivity contribution in [3.8, 4) is 6.07 Å². The first kappa shape index (κ1) is 14.1. The Morgan fingerprint density at radius 3 is 2.62 bits per heavy atom. The van der Waals surface area contributed by atoms with E-state index in [9.17, 15) is 0 Å². The van der Waals surface area contributed by atoms with E-state index >= 15 is 0 Å². The van der Waals surface area contributed by atoms with Crippen molar-refractivity contribution in [2.24, 2.45) is 5.92 Å². The average Bonchev–Trinajstić information content (AvgIpc) is 2.99. The largest absolute Gasteiger partial charge is 0.322 e. The SMILES string of the molecule is CC1CCCC1c1nc2cc(C#N)ccc2n1C(C)(C)C. The molecule has 110 valence electrons. The van der Waals surface area contributed by atoms with Crippen LogP contribution in [0.15, 0.2) is 18.2 Å². The summed E-state index contributed by atoms with van der Waals surface area (Å²) in [5, 5.41) is 9.10. The normalized spacial score (nSPS) is 22.6. The second-order valence-corrected chi connectivity index (χ2v) is 7.31. The van der Waals surface area contributed by atoms with Gasteiger partial charge in [0, 0.05) is 11.5 Å². The van der Waals surface area contributed by atoms with Gasteiger partial charge in [0.05, 0.1) is 22.7 Å². The summed E-state index contributed by atoms with van der Waals surface area (Å²) >= 11 is 0. The molecule has 2 atom stereocenters. The standard InChI is InChI=1S/C18H23N3/c1-12-6-5-7-14(12)17-20-15-10-13(11-19)8-9-16(15)21(17)18(2,3)4/h8-10,12,14H,5-7H2,1-4H3. The second-order valence-electron chi connectivity index (χ2n) is 7.31. The van der Waals surface area contributed by atoms with Crippen molar-refractivity contribution < 1.29 is 0 Å². The van der Waals surface area contributed by atoms with Crippen molar-refractivity contribution in [2.75, 3.05) is 0 Å². The number of rotatable bonds is 1. The molecule has 0 bridgehead atoms. The Hall–Kier alpha value is -1.82. The lowest BCUT2D eigenvalue weighted by Crippen LogP contribution is -2.26. The Morgan fingerprint density at radius 2 is 2.05 bits per heavy atom. The topological polar surface area (TPSA) is 41.6 Å².